The van der Waals surface area contributed by atoms with Gasteiger partial charge in [0, 0.05) is 37.7 Å². The van der Waals surface area contributed by atoms with Crippen LogP contribution in [0, 0.1) is 5.92 Å². The van der Waals surface area contributed by atoms with Gasteiger partial charge in [-0.2, -0.15) is 0 Å². The molecule has 2 fully saturated rings. The first kappa shape index (κ1) is 43.4. The summed E-state index contributed by atoms with van der Waals surface area (Å²) in [5.41, 5.74) is 4.55. The predicted octanol–water partition coefficient (Wildman–Crippen LogP) is 4.37. The van der Waals surface area contributed by atoms with E-state index in [2.05, 4.69) is 22.5 Å². The molecule has 56 heavy (non-hydrogen) atoms. The van der Waals surface area contributed by atoms with Crippen molar-refractivity contribution in [3.05, 3.63) is 107 Å². The first-order valence-electron chi connectivity index (χ1n) is 19.7. The van der Waals surface area contributed by atoms with E-state index in [0.29, 0.717) is 92.1 Å². The Balaban J connectivity index is 1.23. The van der Waals surface area contributed by atoms with Crippen molar-refractivity contribution in [1.29, 1.82) is 0 Å². The number of nitrogens with one attached hydrogen (secondary N) is 2. The fourth-order valence-electron chi connectivity index (χ4n) is 6.58. The average Bonchev–Trinajstić information content (AvgIpc) is 3.21. The molecule has 0 saturated carbocycles. The number of carbonyl (C=O) groups excluding carboxylic acids is 2. The Hall–Kier alpha value is -3.76. The molecule has 2 aliphatic rings. The van der Waals surface area contributed by atoms with Crippen molar-refractivity contribution in [3.8, 4) is 0 Å². The van der Waals surface area contributed by atoms with E-state index in [-0.39, 0.29) is 37.1 Å². The Kier molecular flexibility index (Phi) is 18.7. The molecule has 2 heterocycles. The average molecular weight is 778 g/mol. The number of ketones is 1. The van der Waals surface area contributed by atoms with E-state index in [1.54, 1.807) is 0 Å². The van der Waals surface area contributed by atoms with Crippen molar-refractivity contribution < 1.29 is 47.9 Å². The topological polar surface area (TPSA) is 146 Å². The Bertz CT molecular complexity index is 1540. The molecule has 0 radical (unpaired) electrons. The summed E-state index contributed by atoms with van der Waals surface area (Å²) in [6.07, 6.45) is -0.694. The van der Waals surface area contributed by atoms with Gasteiger partial charge in [-0.25, -0.2) is 4.79 Å². The zero-order chi connectivity index (χ0) is 39.4. The maximum Gasteiger partial charge on any atom is 0.315 e. The van der Waals surface area contributed by atoms with Crippen molar-refractivity contribution in [2.75, 3.05) is 85.7 Å². The Labute approximate surface area is 330 Å². The molecule has 5 atom stereocenters. The SMILES string of the molecule is CC(=O)C(Cc1ccccc1)NC(=O)NCc1ccc(C2OC(CN3CCOCCOCCOCCOCCOCC3)C(C)C(c3ccc(CO)cc3)O2)cc1. The number of benzene rings is 3. The molecule has 2 aliphatic heterocycles. The Morgan fingerprint density at radius 2 is 1.23 bits per heavy atom. The zero-order valence-electron chi connectivity index (χ0n) is 32.8. The smallest absolute Gasteiger partial charge is 0.315 e. The molecule has 0 aliphatic carbocycles. The highest BCUT2D eigenvalue weighted by Gasteiger charge is 2.39. The van der Waals surface area contributed by atoms with Crippen LogP contribution in [0.2, 0.25) is 0 Å². The lowest BCUT2D eigenvalue weighted by atomic mass is 9.90. The molecule has 3 N–H and O–H groups in total. The van der Waals surface area contributed by atoms with Crippen LogP contribution in [0.25, 0.3) is 0 Å². The second-order valence-electron chi connectivity index (χ2n) is 14.1. The summed E-state index contributed by atoms with van der Waals surface area (Å²) in [4.78, 5) is 27.4. The van der Waals surface area contributed by atoms with E-state index in [1.807, 2.05) is 78.9 Å². The summed E-state index contributed by atoms with van der Waals surface area (Å²) in [7, 11) is 0. The fourth-order valence-corrected chi connectivity index (χ4v) is 6.58. The van der Waals surface area contributed by atoms with Gasteiger partial charge >= 0.3 is 6.03 Å². The summed E-state index contributed by atoms with van der Waals surface area (Å²) in [5.74, 6) is -0.114. The minimum atomic E-state index is -0.649. The number of urea groups is 1. The lowest BCUT2D eigenvalue weighted by Gasteiger charge is -2.43. The first-order chi connectivity index (χ1) is 27.4. The molecule has 2 amide bonds. The van der Waals surface area contributed by atoms with E-state index in [9.17, 15) is 14.7 Å². The molecule has 0 spiro atoms. The van der Waals surface area contributed by atoms with Crippen LogP contribution in [0.5, 0.6) is 0 Å². The summed E-state index contributed by atoms with van der Waals surface area (Å²) in [6.45, 7) is 11.0. The van der Waals surface area contributed by atoms with Gasteiger partial charge in [-0.3, -0.25) is 9.69 Å². The molecule has 3 aromatic rings. The van der Waals surface area contributed by atoms with Crippen LogP contribution in [-0.4, -0.2) is 120 Å². The lowest BCUT2D eigenvalue weighted by Crippen LogP contribution is -2.46. The Morgan fingerprint density at radius 3 is 1.79 bits per heavy atom. The monoisotopic (exact) mass is 777 g/mol. The van der Waals surface area contributed by atoms with Gasteiger partial charge in [-0.15, -0.1) is 0 Å². The highest BCUT2D eigenvalue weighted by molar-refractivity contribution is 5.87. The molecule has 13 nitrogen and oxygen atoms in total. The molecule has 13 heteroatoms. The van der Waals surface area contributed by atoms with Crippen molar-refractivity contribution in [3.63, 3.8) is 0 Å². The number of aliphatic hydroxyl groups is 1. The molecule has 5 unspecified atom stereocenters. The number of nitrogens with zero attached hydrogens (tertiary/aromatic N) is 1. The second kappa shape index (κ2) is 24.1. The van der Waals surface area contributed by atoms with Crippen LogP contribution < -0.4 is 10.6 Å². The van der Waals surface area contributed by atoms with Gasteiger partial charge in [0.15, 0.2) is 12.1 Å². The summed E-state index contributed by atoms with van der Waals surface area (Å²) >= 11 is 0. The third-order valence-corrected chi connectivity index (χ3v) is 9.94. The minimum Gasteiger partial charge on any atom is -0.392 e. The summed E-state index contributed by atoms with van der Waals surface area (Å²) in [6, 6.07) is 24.3. The highest BCUT2D eigenvalue weighted by Crippen LogP contribution is 2.42. The van der Waals surface area contributed by atoms with Gasteiger partial charge in [-0.05, 0) is 35.6 Å². The van der Waals surface area contributed by atoms with Crippen molar-refractivity contribution in [2.45, 2.75) is 58.0 Å². The zero-order valence-corrected chi connectivity index (χ0v) is 32.8. The summed E-state index contributed by atoms with van der Waals surface area (Å²) < 4.78 is 42.1. The van der Waals surface area contributed by atoms with Crippen molar-refractivity contribution in [2.24, 2.45) is 5.92 Å². The van der Waals surface area contributed by atoms with Crippen LogP contribution in [0.15, 0.2) is 78.9 Å². The molecule has 3 aromatic carbocycles. The quantitative estimate of drug-likeness (QED) is 0.255. The molecular formula is C43H59N3O10. The maximum atomic E-state index is 12.8. The Morgan fingerprint density at radius 1 is 0.696 bits per heavy atom. The van der Waals surface area contributed by atoms with E-state index in [0.717, 1.165) is 27.8 Å². The lowest BCUT2D eigenvalue weighted by molar-refractivity contribution is -0.276. The minimum absolute atomic E-state index is 0.00664. The van der Waals surface area contributed by atoms with Crippen LogP contribution in [0.3, 0.4) is 0 Å². The fraction of sp³-hybridized carbons (Fsp3) is 0.535. The number of carbonyl (C=O) groups is 2. The van der Waals surface area contributed by atoms with Crippen molar-refractivity contribution in [1.82, 2.24) is 15.5 Å². The van der Waals surface area contributed by atoms with Gasteiger partial charge in [0.2, 0.25) is 0 Å². The van der Waals surface area contributed by atoms with Crippen LogP contribution in [0.1, 0.15) is 54.1 Å². The van der Waals surface area contributed by atoms with Gasteiger partial charge in [-0.1, -0.05) is 85.8 Å². The number of hydrogen-bond donors (Lipinski definition) is 3. The van der Waals surface area contributed by atoms with Crippen molar-refractivity contribution >= 4 is 11.8 Å². The van der Waals surface area contributed by atoms with E-state index < -0.39 is 18.4 Å². The van der Waals surface area contributed by atoms with E-state index >= 15 is 0 Å². The van der Waals surface area contributed by atoms with E-state index in [4.69, 9.17) is 33.2 Å². The standard InChI is InChI=1S/C43H59N3O10/c1-32-40(30-46-16-18-50-20-22-52-24-26-54-27-25-53-23-21-51-19-17-46)55-42(56-41(32)37-12-10-36(31-47)11-13-37)38-14-8-35(9-15-38)29-44-43(49)45-39(33(2)48)28-34-6-4-3-5-7-34/h3-15,32,39-42,47H,16-31H2,1-2H3,(H2,44,45,49). The van der Waals surface area contributed by atoms with Gasteiger partial charge in [0.1, 0.15) is 0 Å². The summed E-state index contributed by atoms with van der Waals surface area (Å²) in [5, 5.41) is 15.4. The largest absolute Gasteiger partial charge is 0.392 e. The molecule has 0 bridgehead atoms. The number of aliphatic hydroxyl groups excluding tert-OH is 1. The number of Topliss-reactive ketones (excluding diaryl/α,β-unsaturated/α-hetero) is 1. The number of hydrogen-bond acceptors (Lipinski definition) is 11. The molecular weight excluding hydrogens is 718 g/mol. The molecule has 2 saturated heterocycles. The van der Waals surface area contributed by atoms with Crippen LogP contribution in [-0.2, 0) is 57.5 Å². The van der Waals surface area contributed by atoms with Crippen LogP contribution >= 0.6 is 0 Å². The molecule has 306 valence electrons. The van der Waals surface area contributed by atoms with Gasteiger partial charge < -0.3 is 48.9 Å². The number of ether oxygens (including phenoxy) is 7. The molecule has 0 aromatic heterocycles. The highest BCUT2D eigenvalue weighted by atomic mass is 16.7. The first-order valence-corrected chi connectivity index (χ1v) is 19.7. The predicted molar refractivity (Wildman–Crippen MR) is 210 cm³/mol. The third-order valence-electron chi connectivity index (χ3n) is 9.94. The van der Waals surface area contributed by atoms with E-state index in [1.165, 1.54) is 6.92 Å². The maximum absolute atomic E-state index is 12.8. The van der Waals surface area contributed by atoms with Gasteiger partial charge in [0.25, 0.3) is 0 Å². The third kappa shape index (κ3) is 14.6. The number of amides is 2. The second-order valence-corrected chi connectivity index (χ2v) is 14.1. The van der Waals surface area contributed by atoms with Gasteiger partial charge in [0.05, 0.1) is 90.9 Å². The van der Waals surface area contributed by atoms with Crippen LogP contribution in [0.4, 0.5) is 4.79 Å². The normalized spacial score (nSPS) is 23.3. The molecule has 5 rings (SSSR count). The number of rotatable bonds is 11.